The first-order chi connectivity index (χ1) is 48.5. The summed E-state index contributed by atoms with van der Waals surface area (Å²) in [5.41, 5.74) is 25.0. The van der Waals surface area contributed by atoms with Crippen LogP contribution in [-0.2, 0) is 28.1 Å². The zero-order chi connectivity index (χ0) is 71.7. The van der Waals surface area contributed by atoms with E-state index in [4.69, 9.17) is 2.74 Å². The van der Waals surface area contributed by atoms with E-state index in [-0.39, 0.29) is 73.6 Å². The van der Waals surface area contributed by atoms with Crippen molar-refractivity contribution in [3.8, 4) is 39.1 Å². The number of benzene rings is 12. The first-order valence-electron chi connectivity index (χ1n) is 37.1. The van der Waals surface area contributed by atoms with Gasteiger partial charge in [0.15, 0.2) is 0 Å². The second kappa shape index (κ2) is 21.7. The molecule has 3 heterocycles. The summed E-state index contributed by atoms with van der Waals surface area (Å²) < 4.78 is 76.6. The molecule has 4 heteroatoms. The number of nitrogens with zero attached hydrogens (tertiary/aromatic N) is 4. The smallest absolute Gasteiger partial charge is 0.0948 e. The predicted octanol–water partition coefficient (Wildman–Crippen LogP) is 25.1. The van der Waals surface area contributed by atoms with Crippen molar-refractivity contribution in [3.05, 3.63) is 311 Å². The Kier molecular flexibility index (Phi) is 11.6. The van der Waals surface area contributed by atoms with Gasteiger partial charge in [-0.3, -0.25) is 0 Å². The zero-order valence-corrected chi connectivity index (χ0v) is 55.8. The van der Waals surface area contributed by atoms with E-state index in [2.05, 4.69) is 298 Å². The predicted molar refractivity (Wildman–Crippen MR) is 400 cm³/mol. The number of rotatable bonds is 7. The third kappa shape index (κ3) is 9.78. The van der Waals surface area contributed by atoms with Crippen LogP contribution in [0.15, 0.2) is 261 Å². The fourth-order valence-corrected chi connectivity index (χ4v) is 14.7. The van der Waals surface area contributed by atoms with Gasteiger partial charge in [0, 0.05) is 33.5 Å². The Bertz CT molecular complexity index is 5510. The average molecular weight is 1230 g/mol. The topological polar surface area (TPSA) is 14.7 Å². The van der Waals surface area contributed by atoms with Gasteiger partial charge < -0.3 is 19.3 Å². The van der Waals surface area contributed by atoms with Gasteiger partial charge in [0.05, 0.1) is 73.2 Å². The lowest BCUT2D eigenvalue weighted by molar-refractivity contribution is 0.569. The molecule has 12 aromatic carbocycles. The van der Waals surface area contributed by atoms with Crippen LogP contribution in [0.4, 0.5) is 51.2 Å². The first kappa shape index (κ1) is 50.4. The molecule has 0 spiro atoms. The average Bonchev–Trinajstić information content (AvgIpc) is 0.957. The molecule has 0 amide bonds. The van der Waals surface area contributed by atoms with E-state index in [1.807, 2.05) is 12.1 Å². The Balaban J connectivity index is 1.10. The van der Waals surface area contributed by atoms with Gasteiger partial charge in [-0.15, -0.1) is 0 Å². The van der Waals surface area contributed by atoms with Gasteiger partial charge in [0.25, 0.3) is 0 Å². The minimum atomic E-state index is -0.493. The third-order valence-corrected chi connectivity index (χ3v) is 19.8. The zero-order valence-electron chi connectivity index (χ0n) is 63.8. The molecule has 94 heavy (non-hydrogen) atoms. The normalized spacial score (nSPS) is 15.0. The van der Waals surface area contributed by atoms with Crippen LogP contribution in [0.3, 0.4) is 0 Å². The summed E-state index contributed by atoms with van der Waals surface area (Å²) in [7, 11) is 0. The van der Waals surface area contributed by atoms with Crippen molar-refractivity contribution in [1.29, 1.82) is 0 Å². The Morgan fingerprint density at radius 1 is 0.330 bits per heavy atom. The molecule has 2 aliphatic heterocycles. The van der Waals surface area contributed by atoms with E-state index >= 15 is 0 Å². The summed E-state index contributed by atoms with van der Waals surface area (Å²) in [6, 6.07) is 74.6. The minimum Gasteiger partial charge on any atom is -0.309 e. The lowest BCUT2D eigenvalue weighted by Gasteiger charge is -2.48. The monoisotopic (exact) mass is 1230 g/mol. The Labute approximate surface area is 567 Å². The lowest BCUT2D eigenvalue weighted by Crippen LogP contribution is -2.31. The molecule has 0 saturated heterocycles. The lowest BCUT2D eigenvalue weighted by atomic mass is 9.74. The molecular formula is C90H82N4. The highest BCUT2D eigenvalue weighted by molar-refractivity contribution is 6.16. The largest absolute Gasteiger partial charge is 0.309 e. The molecule has 0 bridgehead atoms. The fraction of sp³-hybridized carbons (Fsp3) is 0.200. The Hall–Kier alpha value is -10.2. The molecule has 3 aliphatic rings. The number of para-hydroxylation sites is 2. The number of hydrogen-bond donors (Lipinski definition) is 0. The van der Waals surface area contributed by atoms with Crippen LogP contribution in [0.1, 0.15) is 150 Å². The molecule has 0 radical (unpaired) electrons. The molecule has 4 nitrogen and oxygen atoms in total. The van der Waals surface area contributed by atoms with E-state index in [1.54, 1.807) is 4.57 Å². The summed E-state index contributed by atoms with van der Waals surface area (Å²) in [5.74, 6) is -0.237. The molecule has 462 valence electrons. The highest BCUT2D eigenvalue weighted by Crippen LogP contribution is 2.66. The Morgan fingerprint density at radius 2 is 0.766 bits per heavy atom. The maximum Gasteiger partial charge on any atom is 0.0948 e. The summed E-state index contributed by atoms with van der Waals surface area (Å²) in [5, 5.41) is 0.0339. The second-order valence-electron chi connectivity index (χ2n) is 30.1. The van der Waals surface area contributed by atoms with Crippen LogP contribution in [-0.4, -0.2) is 4.57 Å². The molecule has 0 unspecified atom stereocenters. The van der Waals surface area contributed by atoms with Crippen LogP contribution >= 0.6 is 0 Å². The van der Waals surface area contributed by atoms with Crippen molar-refractivity contribution >= 4 is 73.0 Å². The van der Waals surface area contributed by atoms with Gasteiger partial charge in [-0.05, 0) is 179 Å². The summed E-state index contributed by atoms with van der Waals surface area (Å²) in [6.07, 6.45) is 0.787. The SMILES string of the molecule is [2H]c1c([2H])c([2H])c2c(c1[2H])c1c([2H])c([2H])c([2H])c([2H])c1n2-c1ccc2c(c1)N(c1ccc(C(C)(C)C)cc1-c1ccccc1)c1cc(C3c4ccccc4Cc4ccccc43)cc3c1N2c1ccc(-c2cc(C(C)(C)C)cc(C(C)(C)C)c2)cc1N3c1ccc(C(C)(C)C)cc1-c1ccccc1. The van der Waals surface area contributed by atoms with E-state index < -0.39 is 24.2 Å². The van der Waals surface area contributed by atoms with Gasteiger partial charge in [-0.25, -0.2) is 0 Å². The van der Waals surface area contributed by atoms with Gasteiger partial charge in [0.1, 0.15) is 0 Å². The van der Waals surface area contributed by atoms with E-state index in [0.717, 1.165) is 102 Å². The summed E-state index contributed by atoms with van der Waals surface area (Å²) >= 11 is 0. The molecule has 1 aromatic heterocycles. The number of aromatic nitrogens is 1. The van der Waals surface area contributed by atoms with E-state index in [0.29, 0.717) is 5.69 Å². The number of hydrogen-bond acceptors (Lipinski definition) is 3. The van der Waals surface area contributed by atoms with Crippen LogP contribution in [0.25, 0.3) is 60.9 Å². The van der Waals surface area contributed by atoms with Crippen molar-refractivity contribution in [2.45, 2.75) is 117 Å². The van der Waals surface area contributed by atoms with E-state index in [1.165, 1.54) is 38.9 Å². The molecule has 16 rings (SSSR count). The van der Waals surface area contributed by atoms with Crippen molar-refractivity contribution in [2.75, 3.05) is 14.7 Å². The molecular weight excluding hydrogens is 1140 g/mol. The van der Waals surface area contributed by atoms with Gasteiger partial charge in [-0.1, -0.05) is 265 Å². The number of anilines is 9. The van der Waals surface area contributed by atoms with Crippen molar-refractivity contribution in [2.24, 2.45) is 0 Å². The Morgan fingerprint density at radius 3 is 1.26 bits per heavy atom. The standard InChI is InChI=1S/C90H82N4/c1-87(2,3)64-40-44-77(73(54-64)57-27-15-13-16-28-57)92-81-50-59(62-48-66(89(7,8)9)53-67(49-62)90(10,11)12)39-43-79(81)94-80-46-42-68(91-75-37-25-23-35-71(75)72-36-24-26-38-76(72)91)56-82(80)93(78-45-41-65(88(4,5)6)55-74(78)58-29-17-14-18-30-58)84-52-63(51-83(92)86(84)94)85-69-33-21-19-31-60(69)47-61-32-20-22-34-70(61)85/h13-46,48-56,85H,47H2,1-12H3/i23D,24D,25D,26D,35D,36D,37D,38D. The second-order valence-corrected chi connectivity index (χ2v) is 30.1. The van der Waals surface area contributed by atoms with Crippen LogP contribution in [0, 0.1) is 0 Å². The van der Waals surface area contributed by atoms with Crippen molar-refractivity contribution in [1.82, 2.24) is 4.57 Å². The van der Waals surface area contributed by atoms with Crippen LogP contribution < -0.4 is 14.7 Å². The summed E-state index contributed by atoms with van der Waals surface area (Å²) in [4.78, 5) is 7.37. The van der Waals surface area contributed by atoms with Gasteiger partial charge in [-0.2, -0.15) is 0 Å². The quantitative estimate of drug-likeness (QED) is 0.158. The van der Waals surface area contributed by atoms with Crippen LogP contribution in [0.5, 0.6) is 0 Å². The molecule has 0 N–H and O–H groups in total. The molecule has 1 aliphatic carbocycles. The highest BCUT2D eigenvalue weighted by atomic mass is 15.3. The molecule has 0 atom stereocenters. The maximum absolute atomic E-state index is 9.76. The van der Waals surface area contributed by atoms with Gasteiger partial charge >= 0.3 is 0 Å². The van der Waals surface area contributed by atoms with Gasteiger partial charge in [0.2, 0.25) is 0 Å². The van der Waals surface area contributed by atoms with E-state index in [9.17, 15) is 8.22 Å². The maximum atomic E-state index is 9.76. The fourth-order valence-electron chi connectivity index (χ4n) is 14.7. The van der Waals surface area contributed by atoms with Crippen molar-refractivity contribution in [3.63, 3.8) is 0 Å². The number of fused-ring (bicyclic) bond motifs is 9. The van der Waals surface area contributed by atoms with Crippen molar-refractivity contribution < 1.29 is 11.0 Å². The molecule has 0 fully saturated rings. The molecule has 13 aromatic rings. The highest BCUT2D eigenvalue weighted by Gasteiger charge is 2.43. The van der Waals surface area contributed by atoms with Crippen LogP contribution in [0.2, 0.25) is 0 Å². The third-order valence-electron chi connectivity index (χ3n) is 19.8. The summed E-state index contributed by atoms with van der Waals surface area (Å²) in [6.45, 7) is 27.3. The minimum absolute atomic E-state index is 0.0169. The molecule has 0 saturated carbocycles. The first-order valence-corrected chi connectivity index (χ1v) is 33.1.